The number of amides is 2. The van der Waals surface area contributed by atoms with E-state index < -0.39 is 14.4 Å². The van der Waals surface area contributed by atoms with E-state index in [1.807, 2.05) is 54.6 Å². The van der Waals surface area contributed by atoms with Crippen LogP contribution in [-0.4, -0.2) is 47.4 Å². The number of carbonyl (C=O) groups excluding carboxylic acids is 1. The van der Waals surface area contributed by atoms with Crippen LogP contribution in [0, 0.1) is 0 Å². The van der Waals surface area contributed by atoms with Gasteiger partial charge in [-0.3, -0.25) is 9.69 Å². The molecule has 2 aromatic carbocycles. The van der Waals surface area contributed by atoms with Crippen molar-refractivity contribution in [2.45, 2.75) is 82.8 Å². The number of thiazole rings is 1. The second kappa shape index (κ2) is 12.1. The zero-order valence-corrected chi connectivity index (χ0v) is 25.7. The van der Waals surface area contributed by atoms with Crippen molar-refractivity contribution in [2.75, 3.05) is 11.1 Å². The van der Waals surface area contributed by atoms with Gasteiger partial charge in [0.15, 0.2) is 13.4 Å². The third-order valence-electron chi connectivity index (χ3n) is 8.09. The van der Waals surface area contributed by atoms with Crippen LogP contribution in [0.4, 0.5) is 15.6 Å². The topological polar surface area (TPSA) is 118 Å². The maximum absolute atomic E-state index is 12.7. The Labute approximate surface area is 241 Å². The van der Waals surface area contributed by atoms with Gasteiger partial charge in [0, 0.05) is 17.1 Å². The standard InChI is InChI=1S/C30H40N4O4SSi/c1-30(2,3)40(4,5)38-27(21-9-7-6-8-10-21)25-16-15-24(34(25)29(36)37)17-20-11-13-22(14-12-20)32-26(35)18-23-19-39-28(31)33-23/h6-14,19,24-25,27H,15-18H2,1-5H3,(H2,31,33)(H,32,35)(H,36,37)/t24?,25-,27-/m1/s1. The number of nitrogens with zero attached hydrogens (tertiary/aromatic N) is 2. The van der Waals surface area contributed by atoms with Gasteiger partial charge < -0.3 is 20.6 Å². The highest BCUT2D eigenvalue weighted by molar-refractivity contribution is 7.13. The van der Waals surface area contributed by atoms with Crippen LogP contribution in [0.5, 0.6) is 0 Å². The van der Waals surface area contributed by atoms with Crippen molar-refractivity contribution in [2.24, 2.45) is 0 Å². The minimum absolute atomic E-state index is 0.00314. The summed E-state index contributed by atoms with van der Waals surface area (Å²) >= 11 is 1.31. The molecule has 0 bridgehead atoms. The smallest absolute Gasteiger partial charge is 0.407 e. The Morgan fingerprint density at radius 3 is 2.40 bits per heavy atom. The van der Waals surface area contributed by atoms with Crippen LogP contribution in [0.3, 0.4) is 0 Å². The highest BCUT2D eigenvalue weighted by Crippen LogP contribution is 2.44. The number of rotatable bonds is 9. The van der Waals surface area contributed by atoms with E-state index in [4.69, 9.17) is 10.2 Å². The number of carbonyl (C=O) groups is 2. The number of aromatic nitrogens is 1. The lowest BCUT2D eigenvalue weighted by molar-refractivity contribution is -0.115. The lowest BCUT2D eigenvalue weighted by Crippen LogP contribution is -2.49. The first kappa shape index (κ1) is 29.8. The molecule has 8 nitrogen and oxygen atoms in total. The summed E-state index contributed by atoms with van der Waals surface area (Å²) in [6.45, 7) is 11.0. The van der Waals surface area contributed by atoms with Gasteiger partial charge in [-0.05, 0) is 60.7 Å². The molecule has 0 aliphatic carbocycles. The molecule has 1 aromatic heterocycles. The van der Waals surface area contributed by atoms with Gasteiger partial charge in [-0.2, -0.15) is 0 Å². The van der Waals surface area contributed by atoms with Crippen molar-refractivity contribution in [1.82, 2.24) is 9.88 Å². The van der Waals surface area contributed by atoms with Crippen LogP contribution < -0.4 is 11.1 Å². The molecule has 0 radical (unpaired) electrons. The Kier molecular flexibility index (Phi) is 9.01. The van der Waals surface area contributed by atoms with Crippen molar-refractivity contribution < 1.29 is 19.1 Å². The van der Waals surface area contributed by atoms with E-state index in [-0.39, 0.29) is 35.6 Å². The number of nitrogens with two attached hydrogens (primary N) is 1. The second-order valence-electron chi connectivity index (χ2n) is 12.0. The fraction of sp³-hybridized carbons (Fsp3) is 0.433. The molecule has 40 heavy (non-hydrogen) atoms. The number of carboxylic acid groups (broad SMARTS) is 1. The van der Waals surface area contributed by atoms with Crippen LogP contribution in [-0.2, 0) is 22.1 Å². The molecule has 2 heterocycles. The van der Waals surface area contributed by atoms with E-state index in [2.05, 4.69) is 44.2 Å². The van der Waals surface area contributed by atoms with Crippen molar-refractivity contribution in [3.8, 4) is 0 Å². The molecule has 0 spiro atoms. The summed E-state index contributed by atoms with van der Waals surface area (Å²) in [5.41, 5.74) is 9.01. The summed E-state index contributed by atoms with van der Waals surface area (Å²) < 4.78 is 6.93. The van der Waals surface area contributed by atoms with Gasteiger partial charge in [0.05, 0.1) is 24.3 Å². The molecule has 3 aromatic rings. The summed E-state index contributed by atoms with van der Waals surface area (Å²) in [7, 11) is -2.19. The molecular formula is C30H40N4O4SSi. The first-order valence-corrected chi connectivity index (χ1v) is 17.5. The summed E-state index contributed by atoms with van der Waals surface area (Å²) in [4.78, 5) is 30.8. The Balaban J connectivity index is 1.47. The quantitative estimate of drug-likeness (QED) is 0.242. The molecule has 1 fully saturated rings. The fourth-order valence-corrected chi connectivity index (χ4v) is 6.83. The third-order valence-corrected chi connectivity index (χ3v) is 13.3. The Morgan fingerprint density at radius 2 is 1.82 bits per heavy atom. The molecule has 1 aliphatic rings. The molecule has 1 unspecified atom stereocenters. The van der Waals surface area contributed by atoms with Gasteiger partial charge in [0.1, 0.15) is 0 Å². The molecule has 10 heteroatoms. The molecule has 0 saturated carbocycles. The van der Waals surface area contributed by atoms with Crippen LogP contribution in [0.15, 0.2) is 60.0 Å². The summed E-state index contributed by atoms with van der Waals surface area (Å²) in [6, 6.07) is 17.2. The molecule has 1 aliphatic heterocycles. The number of nitrogen functional groups attached to an aromatic ring is 1. The minimum atomic E-state index is -2.19. The summed E-state index contributed by atoms with van der Waals surface area (Å²) in [6.07, 6.45) is 1.01. The first-order chi connectivity index (χ1) is 18.8. The zero-order chi connectivity index (χ0) is 29.1. The van der Waals surface area contributed by atoms with E-state index in [1.165, 1.54) is 11.3 Å². The average molecular weight is 581 g/mol. The number of benzene rings is 2. The maximum atomic E-state index is 12.7. The SMILES string of the molecule is CC(C)(C)[Si](C)(C)O[C@H](c1ccccc1)[C@H]1CCC(Cc2ccc(NC(=O)Cc3csc(N)n3)cc2)N1C(=O)O. The second-order valence-corrected chi connectivity index (χ2v) is 17.6. The van der Waals surface area contributed by atoms with Crippen LogP contribution in [0.1, 0.15) is 56.5 Å². The first-order valence-electron chi connectivity index (χ1n) is 13.7. The number of likely N-dealkylation sites (tertiary alicyclic amines) is 1. The van der Waals surface area contributed by atoms with Gasteiger partial charge >= 0.3 is 6.09 Å². The van der Waals surface area contributed by atoms with Crippen molar-refractivity contribution in [3.63, 3.8) is 0 Å². The van der Waals surface area contributed by atoms with Crippen molar-refractivity contribution in [3.05, 3.63) is 76.8 Å². The molecule has 3 atom stereocenters. The van der Waals surface area contributed by atoms with Crippen molar-refractivity contribution >= 4 is 42.5 Å². The van der Waals surface area contributed by atoms with Crippen LogP contribution in [0.25, 0.3) is 0 Å². The lowest BCUT2D eigenvalue weighted by atomic mass is 10.0. The van der Waals surface area contributed by atoms with E-state index in [0.29, 0.717) is 22.9 Å². The minimum Gasteiger partial charge on any atom is -0.465 e. The van der Waals surface area contributed by atoms with Crippen LogP contribution in [0.2, 0.25) is 18.1 Å². The van der Waals surface area contributed by atoms with E-state index in [0.717, 1.165) is 24.0 Å². The van der Waals surface area contributed by atoms with E-state index in [9.17, 15) is 14.7 Å². The molecule has 214 valence electrons. The third kappa shape index (κ3) is 7.10. The van der Waals surface area contributed by atoms with Gasteiger partial charge in [-0.25, -0.2) is 9.78 Å². The Morgan fingerprint density at radius 1 is 1.15 bits per heavy atom. The number of anilines is 2. The number of hydrogen-bond donors (Lipinski definition) is 3. The van der Waals surface area contributed by atoms with Gasteiger partial charge in [0.2, 0.25) is 5.91 Å². The van der Waals surface area contributed by atoms with Gasteiger partial charge in [0.25, 0.3) is 0 Å². The highest BCUT2D eigenvalue weighted by atomic mass is 32.1. The molecule has 2 amide bonds. The molecule has 4 rings (SSSR count). The predicted molar refractivity (Wildman–Crippen MR) is 163 cm³/mol. The van der Waals surface area contributed by atoms with E-state index in [1.54, 1.807) is 10.3 Å². The normalized spacial score (nSPS) is 18.5. The molecule has 4 N–H and O–H groups in total. The number of nitrogens with one attached hydrogen (secondary N) is 1. The monoisotopic (exact) mass is 580 g/mol. The Hall–Kier alpha value is -3.21. The molecule has 1 saturated heterocycles. The number of hydrogen-bond acceptors (Lipinski definition) is 6. The van der Waals surface area contributed by atoms with Crippen molar-refractivity contribution in [1.29, 1.82) is 0 Å². The maximum Gasteiger partial charge on any atom is 0.407 e. The van der Waals surface area contributed by atoms with Gasteiger partial charge in [-0.15, -0.1) is 11.3 Å². The lowest BCUT2D eigenvalue weighted by Gasteiger charge is -2.42. The molecular weight excluding hydrogens is 541 g/mol. The average Bonchev–Trinajstić information content (AvgIpc) is 3.49. The van der Waals surface area contributed by atoms with E-state index >= 15 is 0 Å². The summed E-state index contributed by atoms with van der Waals surface area (Å²) in [5, 5.41) is 15.5. The summed E-state index contributed by atoms with van der Waals surface area (Å²) in [5.74, 6) is -0.164. The Bertz CT molecular complexity index is 1310. The fourth-order valence-electron chi connectivity index (χ4n) is 4.98. The van der Waals surface area contributed by atoms with Gasteiger partial charge in [-0.1, -0.05) is 63.2 Å². The largest absolute Gasteiger partial charge is 0.465 e. The predicted octanol–water partition coefficient (Wildman–Crippen LogP) is 6.72. The zero-order valence-electron chi connectivity index (χ0n) is 23.9. The van der Waals surface area contributed by atoms with Crippen LogP contribution >= 0.6 is 11.3 Å². The highest BCUT2D eigenvalue weighted by Gasteiger charge is 2.46.